The number of pyridine rings is 1. The van der Waals surface area contributed by atoms with Crippen molar-refractivity contribution in [3.63, 3.8) is 0 Å². The molecule has 1 saturated heterocycles. The third-order valence-electron chi connectivity index (χ3n) is 12.3. The number of aryl methyl sites for hydroxylation is 1. The Balaban J connectivity index is 0.000000211. The lowest BCUT2D eigenvalue weighted by Gasteiger charge is -2.35. The standard InChI is InChI=1S/C24H26N2O5.C19H21N3O4.C7H13NO/c1-5-16-17-9-15(28)7-8-20(17)25-22-18(16)11-26(3)21(22)10-19-14(12-27)13-31-23(29)24(19,6-2)30-4;1-11(2)14-9-15(17(25)10-16(14)24)18(20)22(19(21)26)13-5-3-12(4-6-13)7-8-23;1-8-4-2-7(6-9)3-5-8/h7-10,12,28H,5-6,11,13H2,1-4H3;3-6,8-11,20,24-25H,7H2,1-2H3,(H2,21,26);6-7H,2-5H2,1H3/b21-10-;;. The maximum absolute atomic E-state index is 12.7. The highest BCUT2D eigenvalue weighted by Gasteiger charge is 2.47. The van der Waals surface area contributed by atoms with E-state index in [0.29, 0.717) is 41.3 Å². The average molecular weight is 905 g/mol. The molecule has 0 radical (unpaired) electrons. The summed E-state index contributed by atoms with van der Waals surface area (Å²) < 4.78 is 10.9. The lowest BCUT2D eigenvalue weighted by Crippen LogP contribution is -2.47. The lowest BCUT2D eigenvalue weighted by atomic mass is 9.84. The van der Waals surface area contributed by atoms with E-state index < -0.39 is 17.6 Å². The van der Waals surface area contributed by atoms with E-state index in [-0.39, 0.29) is 47.6 Å². The van der Waals surface area contributed by atoms with Gasteiger partial charge in [0.15, 0.2) is 5.60 Å². The number of rotatable bonds is 11. The molecule has 350 valence electrons. The molecule has 4 aromatic rings. The van der Waals surface area contributed by atoms with Gasteiger partial charge in [0.25, 0.3) is 0 Å². The first-order chi connectivity index (χ1) is 31.5. The number of fused-ring (bicyclic) bond motifs is 2. The number of primary amides is 1. The zero-order chi connectivity index (χ0) is 48.5. The molecule has 0 aliphatic carbocycles. The summed E-state index contributed by atoms with van der Waals surface area (Å²) in [5.41, 5.74) is 11.3. The quantitative estimate of drug-likeness (QED) is 0.0466. The number of phenols is 3. The van der Waals surface area contributed by atoms with Crippen LogP contribution in [0.4, 0.5) is 10.5 Å². The third kappa shape index (κ3) is 10.6. The van der Waals surface area contributed by atoms with Crippen molar-refractivity contribution in [2.75, 3.05) is 45.8 Å². The van der Waals surface area contributed by atoms with Crippen LogP contribution in [0.15, 0.2) is 71.8 Å². The molecule has 4 heterocycles. The third-order valence-corrected chi connectivity index (χ3v) is 12.3. The second kappa shape index (κ2) is 21.8. The molecule has 0 saturated carbocycles. The van der Waals surface area contributed by atoms with E-state index in [2.05, 4.69) is 23.8 Å². The van der Waals surface area contributed by atoms with Gasteiger partial charge in [-0.05, 0) is 111 Å². The maximum atomic E-state index is 12.7. The maximum Gasteiger partial charge on any atom is 0.343 e. The van der Waals surface area contributed by atoms with E-state index in [1.54, 1.807) is 42.5 Å². The minimum Gasteiger partial charge on any atom is -0.508 e. The van der Waals surface area contributed by atoms with Crippen molar-refractivity contribution < 1.29 is 48.8 Å². The number of hydrogen-bond donors (Lipinski definition) is 5. The minimum absolute atomic E-state index is 0.0493. The summed E-state index contributed by atoms with van der Waals surface area (Å²) in [6, 6.07) is 13.3. The molecule has 7 rings (SSSR count). The SMILES string of the molecule is CC(C)c1cc(C(=N)N(C(N)=O)c2ccc(CC=O)cc2)c(O)cc1O.CCc1c2c(nc3ccc(O)cc13)/C(=C/C1=C(C=O)COC(=O)C1(CC)OC)N(C)C2.CN1CCC(C=O)CC1. The Morgan fingerprint density at radius 3 is 2.27 bits per heavy atom. The number of hydrogen-bond acceptors (Lipinski definition) is 14. The monoisotopic (exact) mass is 904 g/mol. The molecule has 16 nitrogen and oxygen atoms in total. The summed E-state index contributed by atoms with van der Waals surface area (Å²) >= 11 is 0. The van der Waals surface area contributed by atoms with Gasteiger partial charge in [0, 0.05) is 61.2 Å². The number of cyclic esters (lactones) is 1. The number of esters is 1. The van der Waals surface area contributed by atoms with Crippen LogP contribution in [0.1, 0.15) is 86.4 Å². The van der Waals surface area contributed by atoms with Crippen LogP contribution >= 0.6 is 0 Å². The molecule has 16 heteroatoms. The first kappa shape index (κ1) is 50.1. The van der Waals surface area contributed by atoms with Gasteiger partial charge in [-0.1, -0.05) is 39.8 Å². The first-order valence-electron chi connectivity index (χ1n) is 21.9. The summed E-state index contributed by atoms with van der Waals surface area (Å²) in [5, 5.41) is 39.4. The largest absolute Gasteiger partial charge is 0.508 e. The van der Waals surface area contributed by atoms with Gasteiger partial charge in [-0.25, -0.2) is 19.5 Å². The summed E-state index contributed by atoms with van der Waals surface area (Å²) in [5.74, 6) is -0.723. The Bertz CT molecular complexity index is 2540. The fourth-order valence-electron chi connectivity index (χ4n) is 8.42. The molecule has 0 bridgehead atoms. The van der Waals surface area contributed by atoms with Crippen molar-refractivity contribution in [2.45, 2.75) is 77.9 Å². The topological polar surface area (TPSA) is 237 Å². The molecular weight excluding hydrogens is 845 g/mol. The zero-order valence-electron chi connectivity index (χ0n) is 38.6. The second-order valence-electron chi connectivity index (χ2n) is 16.8. The van der Waals surface area contributed by atoms with E-state index in [1.165, 1.54) is 13.2 Å². The molecule has 1 unspecified atom stereocenters. The van der Waals surface area contributed by atoms with Crippen LogP contribution in [0, 0.1) is 11.3 Å². The van der Waals surface area contributed by atoms with Gasteiger partial charge in [-0.15, -0.1) is 0 Å². The number of carbonyl (C=O) groups excluding carboxylic acids is 5. The Morgan fingerprint density at radius 2 is 1.71 bits per heavy atom. The molecule has 6 N–H and O–H groups in total. The van der Waals surface area contributed by atoms with Crippen molar-refractivity contribution >= 4 is 59.0 Å². The van der Waals surface area contributed by atoms with Crippen LogP contribution in [0.3, 0.4) is 0 Å². The van der Waals surface area contributed by atoms with Gasteiger partial charge in [0.1, 0.15) is 48.5 Å². The number of aldehydes is 3. The number of amidine groups is 1. The van der Waals surface area contributed by atoms with Gasteiger partial charge in [0.2, 0.25) is 0 Å². The second-order valence-corrected chi connectivity index (χ2v) is 16.8. The summed E-state index contributed by atoms with van der Waals surface area (Å²) in [6.07, 6.45) is 7.91. The number of likely N-dealkylation sites (tertiary alicyclic amines) is 1. The normalized spacial score (nSPS) is 17.9. The lowest BCUT2D eigenvalue weighted by molar-refractivity contribution is -0.166. The predicted octanol–water partition coefficient (Wildman–Crippen LogP) is 6.54. The van der Waals surface area contributed by atoms with E-state index in [0.717, 1.165) is 101 Å². The van der Waals surface area contributed by atoms with E-state index in [1.807, 2.05) is 33.9 Å². The average Bonchev–Trinajstić information content (AvgIpc) is 3.60. The molecule has 3 aliphatic rings. The number of nitrogens with two attached hydrogens (primary N) is 1. The van der Waals surface area contributed by atoms with E-state index in [9.17, 15) is 39.3 Å². The highest BCUT2D eigenvalue weighted by molar-refractivity contribution is 6.22. The minimum atomic E-state index is -1.33. The van der Waals surface area contributed by atoms with Crippen LogP contribution in [0.25, 0.3) is 16.6 Å². The number of phenolic OH excluding ortho intramolecular Hbond substituents is 3. The van der Waals surface area contributed by atoms with E-state index >= 15 is 0 Å². The van der Waals surface area contributed by atoms with Crippen LogP contribution < -0.4 is 10.6 Å². The van der Waals surface area contributed by atoms with Crippen molar-refractivity contribution in [1.82, 2.24) is 14.8 Å². The number of carbonyl (C=O) groups is 5. The fraction of sp³-hybridized carbons (Fsp3) is 0.380. The number of benzene rings is 3. The number of urea groups is 1. The predicted molar refractivity (Wildman–Crippen MR) is 252 cm³/mol. The number of ether oxygens (including phenoxy) is 2. The Kier molecular flexibility index (Phi) is 16.6. The first-order valence-corrected chi connectivity index (χ1v) is 21.9. The number of nitrogens with one attached hydrogen (secondary N) is 1. The number of amides is 2. The molecule has 0 spiro atoms. The molecule has 66 heavy (non-hydrogen) atoms. The van der Waals surface area contributed by atoms with Crippen molar-refractivity contribution in [3.05, 3.63) is 105 Å². The molecule has 2 amide bonds. The zero-order valence-corrected chi connectivity index (χ0v) is 38.6. The van der Waals surface area contributed by atoms with Crippen LogP contribution in [0.2, 0.25) is 0 Å². The number of methoxy groups -OCH3 is 1. The van der Waals surface area contributed by atoms with Gasteiger partial charge in [-0.2, -0.15) is 0 Å². The van der Waals surface area contributed by atoms with E-state index in [4.69, 9.17) is 25.6 Å². The number of aromatic hydroxyl groups is 3. The molecule has 3 aliphatic heterocycles. The van der Waals surface area contributed by atoms with Gasteiger partial charge in [0.05, 0.1) is 28.2 Å². The summed E-state index contributed by atoms with van der Waals surface area (Å²) in [4.78, 5) is 67.4. The number of nitrogens with zero attached hydrogens (tertiary/aromatic N) is 4. The molecule has 3 aromatic carbocycles. The van der Waals surface area contributed by atoms with Gasteiger partial charge >= 0.3 is 12.0 Å². The number of anilines is 1. The molecular formula is C50H60N6O10. The van der Waals surface area contributed by atoms with Gasteiger partial charge < -0.3 is 49.9 Å². The Morgan fingerprint density at radius 1 is 1.03 bits per heavy atom. The van der Waals surface area contributed by atoms with Crippen LogP contribution in [-0.2, 0) is 48.0 Å². The fourth-order valence-corrected chi connectivity index (χ4v) is 8.42. The van der Waals surface area contributed by atoms with Crippen LogP contribution in [-0.4, -0.2) is 113 Å². The summed E-state index contributed by atoms with van der Waals surface area (Å²) in [7, 11) is 5.51. The van der Waals surface area contributed by atoms with Crippen LogP contribution in [0.5, 0.6) is 17.2 Å². The number of aromatic nitrogens is 1. The molecule has 1 aromatic heterocycles. The van der Waals surface area contributed by atoms with Crippen molar-refractivity contribution in [2.24, 2.45) is 11.7 Å². The smallest absolute Gasteiger partial charge is 0.343 e. The number of piperidine rings is 1. The highest BCUT2D eigenvalue weighted by atomic mass is 16.6. The summed E-state index contributed by atoms with van der Waals surface area (Å²) in [6.45, 7) is 10.4. The van der Waals surface area contributed by atoms with Gasteiger partial charge in [-0.3, -0.25) is 10.2 Å². The molecule has 1 atom stereocenters. The van der Waals surface area contributed by atoms with Crippen molar-refractivity contribution in [3.8, 4) is 17.2 Å². The van der Waals surface area contributed by atoms with Crippen molar-refractivity contribution in [1.29, 1.82) is 5.41 Å². The Labute approximate surface area is 384 Å². The highest BCUT2D eigenvalue weighted by Crippen LogP contribution is 2.41. The Hall–Kier alpha value is -6.91. The molecule has 1 fully saturated rings.